The summed E-state index contributed by atoms with van der Waals surface area (Å²) in [6, 6.07) is 14.0. The molecule has 0 spiro atoms. The summed E-state index contributed by atoms with van der Waals surface area (Å²) < 4.78 is 9.94. The van der Waals surface area contributed by atoms with Crippen molar-refractivity contribution in [2.24, 2.45) is 0 Å². The molecule has 2 aromatic rings. The number of benzene rings is 2. The Kier molecular flexibility index (Phi) is 5.36. The van der Waals surface area contributed by atoms with E-state index >= 15 is 0 Å². The van der Waals surface area contributed by atoms with Crippen molar-refractivity contribution >= 4 is 17.6 Å². The lowest BCUT2D eigenvalue weighted by Gasteiger charge is -2.13. The number of rotatable bonds is 5. The largest absolute Gasteiger partial charge is 0.465 e. The second-order valence-corrected chi connectivity index (χ2v) is 5.21. The van der Waals surface area contributed by atoms with Crippen LogP contribution in [0.1, 0.15) is 26.3 Å². The first-order valence-corrected chi connectivity index (χ1v) is 7.13. The molecule has 0 atom stereocenters. The van der Waals surface area contributed by atoms with Crippen LogP contribution < -0.4 is 4.90 Å². The van der Waals surface area contributed by atoms with Crippen molar-refractivity contribution in [3.05, 3.63) is 65.2 Å². The first kappa shape index (κ1) is 16.5. The third-order valence-corrected chi connectivity index (χ3v) is 3.34. The number of carbonyl (C=O) groups is 2. The van der Waals surface area contributed by atoms with Gasteiger partial charge in [-0.05, 0) is 35.9 Å². The van der Waals surface area contributed by atoms with Crippen molar-refractivity contribution in [3.63, 3.8) is 0 Å². The first-order valence-electron chi connectivity index (χ1n) is 7.13. The van der Waals surface area contributed by atoms with Crippen molar-refractivity contribution < 1.29 is 19.1 Å². The van der Waals surface area contributed by atoms with Gasteiger partial charge in [0.15, 0.2) is 0 Å². The van der Waals surface area contributed by atoms with E-state index in [0.29, 0.717) is 11.1 Å². The Balaban J connectivity index is 1.99. The van der Waals surface area contributed by atoms with Gasteiger partial charge in [-0.2, -0.15) is 0 Å². The van der Waals surface area contributed by atoms with Gasteiger partial charge in [0.2, 0.25) is 0 Å². The third-order valence-electron chi connectivity index (χ3n) is 3.34. The summed E-state index contributed by atoms with van der Waals surface area (Å²) in [5.74, 6) is -0.778. The van der Waals surface area contributed by atoms with Crippen LogP contribution in [0.25, 0.3) is 0 Å². The molecule has 5 nitrogen and oxygen atoms in total. The Labute approximate surface area is 135 Å². The highest BCUT2D eigenvalue weighted by Gasteiger charge is 2.10. The van der Waals surface area contributed by atoms with Crippen LogP contribution in [-0.2, 0) is 16.1 Å². The highest BCUT2D eigenvalue weighted by Crippen LogP contribution is 2.15. The van der Waals surface area contributed by atoms with Crippen LogP contribution >= 0.6 is 0 Å². The smallest absolute Gasteiger partial charge is 0.338 e. The maximum atomic E-state index is 12.1. The number of carbonyl (C=O) groups excluding carboxylic acids is 2. The van der Waals surface area contributed by atoms with Gasteiger partial charge in [-0.15, -0.1) is 0 Å². The zero-order valence-corrected chi connectivity index (χ0v) is 13.4. The Morgan fingerprint density at radius 1 is 0.957 bits per heavy atom. The quantitative estimate of drug-likeness (QED) is 0.794. The van der Waals surface area contributed by atoms with Crippen molar-refractivity contribution in [3.8, 4) is 0 Å². The number of ether oxygens (including phenoxy) is 2. The number of esters is 2. The molecule has 23 heavy (non-hydrogen) atoms. The molecule has 2 rings (SSSR count). The van der Waals surface area contributed by atoms with Crippen molar-refractivity contribution in [1.82, 2.24) is 0 Å². The average Bonchev–Trinajstić information content (AvgIpc) is 2.59. The Bertz CT molecular complexity index is 692. The van der Waals surface area contributed by atoms with Crippen LogP contribution in [0.2, 0.25) is 0 Å². The summed E-state index contributed by atoms with van der Waals surface area (Å²) in [7, 11) is 5.15. The minimum Gasteiger partial charge on any atom is -0.465 e. The van der Waals surface area contributed by atoms with Gasteiger partial charge < -0.3 is 14.4 Å². The van der Waals surface area contributed by atoms with Crippen LogP contribution in [0, 0.1) is 0 Å². The van der Waals surface area contributed by atoms with Crippen LogP contribution in [0.15, 0.2) is 48.5 Å². The summed E-state index contributed by atoms with van der Waals surface area (Å²) in [5.41, 5.74) is 2.69. The molecule has 2 aromatic carbocycles. The van der Waals surface area contributed by atoms with E-state index in [1.807, 2.05) is 31.1 Å². The van der Waals surface area contributed by atoms with Gasteiger partial charge in [0.25, 0.3) is 0 Å². The van der Waals surface area contributed by atoms with Gasteiger partial charge in [-0.3, -0.25) is 0 Å². The van der Waals surface area contributed by atoms with Gasteiger partial charge in [0.1, 0.15) is 6.61 Å². The number of methoxy groups -OCH3 is 1. The van der Waals surface area contributed by atoms with Crippen LogP contribution in [0.4, 0.5) is 5.69 Å². The normalized spacial score (nSPS) is 10.0. The van der Waals surface area contributed by atoms with E-state index in [2.05, 4.69) is 4.74 Å². The van der Waals surface area contributed by atoms with Crippen molar-refractivity contribution in [2.45, 2.75) is 6.61 Å². The summed E-state index contributed by atoms with van der Waals surface area (Å²) in [6.07, 6.45) is 0. The van der Waals surface area contributed by atoms with E-state index < -0.39 is 5.97 Å². The summed E-state index contributed by atoms with van der Waals surface area (Å²) in [4.78, 5) is 25.4. The van der Waals surface area contributed by atoms with Crippen LogP contribution in [0.3, 0.4) is 0 Å². The van der Waals surface area contributed by atoms with Gasteiger partial charge in [0.05, 0.1) is 18.2 Å². The molecular formula is C18H19NO4. The molecule has 0 aliphatic heterocycles. The molecule has 0 radical (unpaired) electrons. The standard InChI is InChI=1S/C18H19NO4/c1-19(2)16-6-4-5-15(11-16)18(21)23-12-13-7-9-14(10-8-13)17(20)22-3/h4-11H,12H2,1-3H3. The summed E-state index contributed by atoms with van der Waals surface area (Å²) >= 11 is 0. The molecule has 0 saturated heterocycles. The van der Waals surface area contributed by atoms with E-state index in [-0.39, 0.29) is 12.6 Å². The van der Waals surface area contributed by atoms with Gasteiger partial charge in [-0.25, -0.2) is 9.59 Å². The first-order chi connectivity index (χ1) is 11.0. The van der Waals surface area contributed by atoms with Crippen molar-refractivity contribution in [2.75, 3.05) is 26.1 Å². The molecule has 0 fully saturated rings. The molecule has 0 amide bonds. The van der Waals surface area contributed by atoms with E-state index in [4.69, 9.17) is 4.74 Å². The molecule has 120 valence electrons. The molecular weight excluding hydrogens is 294 g/mol. The summed E-state index contributed by atoms with van der Waals surface area (Å²) in [5, 5.41) is 0. The van der Waals surface area contributed by atoms with E-state index in [9.17, 15) is 9.59 Å². The Morgan fingerprint density at radius 3 is 2.26 bits per heavy atom. The van der Waals surface area contributed by atoms with Gasteiger partial charge in [0, 0.05) is 19.8 Å². The lowest BCUT2D eigenvalue weighted by Crippen LogP contribution is -2.11. The SMILES string of the molecule is COC(=O)c1ccc(COC(=O)c2cccc(N(C)C)c2)cc1. The van der Waals surface area contributed by atoms with E-state index in [1.165, 1.54) is 7.11 Å². The third kappa shape index (κ3) is 4.32. The number of anilines is 1. The second-order valence-electron chi connectivity index (χ2n) is 5.21. The molecule has 0 N–H and O–H groups in total. The number of hydrogen-bond donors (Lipinski definition) is 0. The van der Waals surface area contributed by atoms with E-state index in [1.54, 1.807) is 36.4 Å². The minimum absolute atomic E-state index is 0.145. The molecule has 0 unspecified atom stereocenters. The topological polar surface area (TPSA) is 55.8 Å². The fourth-order valence-corrected chi connectivity index (χ4v) is 2.00. The fourth-order valence-electron chi connectivity index (χ4n) is 2.00. The van der Waals surface area contributed by atoms with E-state index in [0.717, 1.165) is 11.3 Å². The Hall–Kier alpha value is -2.82. The maximum Gasteiger partial charge on any atom is 0.338 e. The highest BCUT2D eigenvalue weighted by atomic mass is 16.5. The Morgan fingerprint density at radius 2 is 1.65 bits per heavy atom. The van der Waals surface area contributed by atoms with Gasteiger partial charge in [-0.1, -0.05) is 18.2 Å². The zero-order valence-electron chi connectivity index (χ0n) is 13.4. The molecule has 0 aromatic heterocycles. The molecule has 0 saturated carbocycles. The van der Waals surface area contributed by atoms with Gasteiger partial charge >= 0.3 is 11.9 Å². The predicted molar refractivity (Wildman–Crippen MR) is 87.7 cm³/mol. The molecule has 0 bridgehead atoms. The molecule has 5 heteroatoms. The second kappa shape index (κ2) is 7.45. The minimum atomic E-state index is -0.394. The summed E-state index contributed by atoms with van der Waals surface area (Å²) in [6.45, 7) is 0.145. The lowest BCUT2D eigenvalue weighted by molar-refractivity contribution is 0.0471. The molecule has 0 aliphatic carbocycles. The highest BCUT2D eigenvalue weighted by molar-refractivity contribution is 5.90. The van der Waals surface area contributed by atoms with Crippen LogP contribution in [0.5, 0.6) is 0 Å². The number of nitrogens with zero attached hydrogens (tertiary/aromatic N) is 1. The molecule has 0 heterocycles. The average molecular weight is 313 g/mol. The zero-order chi connectivity index (χ0) is 16.8. The predicted octanol–water partition coefficient (Wildman–Crippen LogP) is 2.90. The van der Waals surface area contributed by atoms with Crippen LogP contribution in [-0.4, -0.2) is 33.1 Å². The van der Waals surface area contributed by atoms with Crippen molar-refractivity contribution in [1.29, 1.82) is 0 Å². The monoisotopic (exact) mass is 313 g/mol. The lowest BCUT2D eigenvalue weighted by atomic mass is 10.1. The fraction of sp³-hybridized carbons (Fsp3) is 0.222. The maximum absolute atomic E-state index is 12.1. The molecule has 0 aliphatic rings. The number of hydrogen-bond acceptors (Lipinski definition) is 5.